The molecule has 0 fully saturated rings. The molecule has 0 spiro atoms. The van der Waals surface area contributed by atoms with Crippen LogP contribution in [0.4, 0.5) is 22.9 Å². The first kappa shape index (κ1) is 23.0. The highest BCUT2D eigenvalue weighted by Gasteiger charge is 2.28. The van der Waals surface area contributed by atoms with Crippen molar-refractivity contribution in [3.63, 3.8) is 0 Å². The first-order valence-electron chi connectivity index (χ1n) is 10.7. The molecular formula is C24H27N7O3. The van der Waals surface area contributed by atoms with E-state index in [0.29, 0.717) is 35.8 Å². The van der Waals surface area contributed by atoms with Crippen LogP contribution < -0.4 is 15.4 Å². The second-order valence-corrected chi connectivity index (χ2v) is 8.18. The van der Waals surface area contributed by atoms with Crippen LogP contribution in [0.2, 0.25) is 0 Å². The van der Waals surface area contributed by atoms with Gasteiger partial charge in [0.05, 0.1) is 35.2 Å². The fourth-order valence-corrected chi connectivity index (χ4v) is 3.95. The maximum absolute atomic E-state index is 12.2. The van der Waals surface area contributed by atoms with Crippen LogP contribution in [-0.4, -0.2) is 59.0 Å². The third-order valence-corrected chi connectivity index (χ3v) is 5.76. The number of pyridine rings is 2. The van der Waals surface area contributed by atoms with Crippen molar-refractivity contribution in [1.82, 2.24) is 19.3 Å². The summed E-state index contributed by atoms with van der Waals surface area (Å²) in [6.45, 7) is 0.601. The summed E-state index contributed by atoms with van der Waals surface area (Å²) in [7, 11) is 7.06. The van der Waals surface area contributed by atoms with Crippen molar-refractivity contribution in [1.29, 1.82) is 0 Å². The van der Waals surface area contributed by atoms with E-state index in [4.69, 9.17) is 10.5 Å². The van der Waals surface area contributed by atoms with Gasteiger partial charge in [0, 0.05) is 37.6 Å². The SMILES string of the molecule is COc1cc(N(C)c2cc(-c3cnc4ccccn34)ccn2)c([N+](=O)[O-])c(CCN(C)C)c1N. The van der Waals surface area contributed by atoms with E-state index in [-0.39, 0.29) is 16.3 Å². The number of methoxy groups -OCH3 is 1. The second kappa shape index (κ2) is 9.36. The Kier molecular flexibility index (Phi) is 6.33. The largest absolute Gasteiger partial charge is 0.494 e. The van der Waals surface area contributed by atoms with Gasteiger partial charge in [0.15, 0.2) is 0 Å². The summed E-state index contributed by atoms with van der Waals surface area (Å²) in [5.41, 5.74) is 9.90. The van der Waals surface area contributed by atoms with E-state index in [9.17, 15) is 10.1 Å². The fraction of sp³-hybridized carbons (Fsp3) is 0.250. The molecule has 0 bridgehead atoms. The molecule has 0 radical (unpaired) electrons. The Morgan fingerprint density at radius 1 is 1.18 bits per heavy atom. The van der Waals surface area contributed by atoms with Crippen LogP contribution >= 0.6 is 0 Å². The summed E-state index contributed by atoms with van der Waals surface area (Å²) in [5.74, 6) is 0.927. The lowest BCUT2D eigenvalue weighted by atomic mass is 10.0. The monoisotopic (exact) mass is 461 g/mol. The Hall–Kier alpha value is -4.18. The normalized spacial score (nSPS) is 11.2. The Morgan fingerprint density at radius 2 is 1.97 bits per heavy atom. The maximum Gasteiger partial charge on any atom is 0.298 e. The fourth-order valence-electron chi connectivity index (χ4n) is 3.95. The number of ether oxygens (including phenoxy) is 1. The summed E-state index contributed by atoms with van der Waals surface area (Å²) < 4.78 is 7.44. The van der Waals surface area contributed by atoms with Gasteiger partial charge >= 0.3 is 0 Å². The number of anilines is 3. The van der Waals surface area contributed by atoms with Crippen molar-refractivity contribution in [3.05, 3.63) is 70.7 Å². The minimum absolute atomic E-state index is 0.0512. The predicted octanol–water partition coefficient (Wildman–Crippen LogP) is 3.77. The average molecular weight is 462 g/mol. The van der Waals surface area contributed by atoms with Crippen molar-refractivity contribution >= 4 is 28.5 Å². The quantitative estimate of drug-likeness (QED) is 0.240. The standard InChI is InChI=1S/C24H27N7O3/c1-28(2)12-9-17-23(25)20(34-4)14-18(24(17)31(32)33)29(3)22-13-16(8-10-26-22)19-15-27-21-7-5-6-11-30(19)21/h5-8,10-11,13-15H,9,12,25H2,1-4H3. The molecule has 0 aliphatic heterocycles. The van der Waals surface area contributed by atoms with Gasteiger partial charge in [0.1, 0.15) is 22.9 Å². The van der Waals surface area contributed by atoms with Crippen LogP contribution in [-0.2, 0) is 6.42 Å². The van der Waals surface area contributed by atoms with Gasteiger partial charge in [-0.05, 0) is 44.8 Å². The number of nitrogens with zero attached hydrogens (tertiary/aromatic N) is 6. The van der Waals surface area contributed by atoms with E-state index in [1.807, 2.05) is 59.9 Å². The second-order valence-electron chi connectivity index (χ2n) is 8.18. The summed E-state index contributed by atoms with van der Waals surface area (Å²) in [6, 6.07) is 11.1. The number of imidazole rings is 1. The molecule has 4 aromatic rings. The van der Waals surface area contributed by atoms with Gasteiger partial charge in [-0.25, -0.2) is 9.97 Å². The number of hydrogen-bond acceptors (Lipinski definition) is 8. The molecule has 0 saturated carbocycles. The number of nitro groups is 1. The van der Waals surface area contributed by atoms with Gasteiger partial charge in [-0.2, -0.15) is 0 Å². The summed E-state index contributed by atoms with van der Waals surface area (Å²) in [4.78, 5) is 24.4. The lowest BCUT2D eigenvalue weighted by Gasteiger charge is -2.22. The van der Waals surface area contributed by atoms with E-state index in [1.54, 1.807) is 30.4 Å². The molecule has 0 saturated heterocycles. The van der Waals surface area contributed by atoms with Crippen LogP contribution in [0.3, 0.4) is 0 Å². The highest BCUT2D eigenvalue weighted by atomic mass is 16.6. The zero-order valence-corrected chi connectivity index (χ0v) is 19.6. The van der Waals surface area contributed by atoms with Crippen molar-refractivity contribution in [2.24, 2.45) is 0 Å². The first-order chi connectivity index (χ1) is 16.3. The van der Waals surface area contributed by atoms with Crippen LogP contribution in [0.25, 0.3) is 16.9 Å². The molecule has 2 N–H and O–H groups in total. The van der Waals surface area contributed by atoms with E-state index in [1.165, 1.54) is 7.11 Å². The predicted molar refractivity (Wildman–Crippen MR) is 133 cm³/mol. The Labute approximate surface area is 197 Å². The van der Waals surface area contributed by atoms with Gasteiger partial charge in [0.25, 0.3) is 5.69 Å². The number of nitro benzene ring substituents is 1. The topological polar surface area (TPSA) is 115 Å². The van der Waals surface area contributed by atoms with Crippen molar-refractivity contribution < 1.29 is 9.66 Å². The molecule has 4 rings (SSSR count). The molecule has 176 valence electrons. The summed E-state index contributed by atoms with van der Waals surface area (Å²) in [5, 5.41) is 12.2. The Morgan fingerprint density at radius 3 is 2.68 bits per heavy atom. The molecular weight excluding hydrogens is 434 g/mol. The number of rotatable bonds is 8. The van der Waals surface area contributed by atoms with Gasteiger partial charge in [0.2, 0.25) is 0 Å². The highest BCUT2D eigenvalue weighted by Crippen LogP contribution is 2.43. The van der Waals surface area contributed by atoms with Crippen molar-refractivity contribution in [2.75, 3.05) is 45.4 Å². The molecule has 0 unspecified atom stereocenters. The van der Waals surface area contributed by atoms with E-state index < -0.39 is 0 Å². The molecule has 3 aromatic heterocycles. The molecule has 0 aliphatic carbocycles. The van der Waals surface area contributed by atoms with Crippen LogP contribution in [0.5, 0.6) is 5.75 Å². The number of benzene rings is 1. The highest BCUT2D eigenvalue weighted by molar-refractivity contribution is 5.82. The molecule has 0 aliphatic rings. The van der Waals surface area contributed by atoms with Crippen LogP contribution in [0.15, 0.2) is 55.0 Å². The lowest BCUT2D eigenvalue weighted by Crippen LogP contribution is -2.19. The molecule has 10 nitrogen and oxygen atoms in total. The van der Waals surface area contributed by atoms with Crippen molar-refractivity contribution in [3.8, 4) is 17.0 Å². The van der Waals surface area contributed by atoms with Gasteiger partial charge in [-0.3, -0.25) is 14.5 Å². The summed E-state index contributed by atoms with van der Waals surface area (Å²) >= 11 is 0. The Bertz CT molecular complexity index is 1350. The summed E-state index contributed by atoms with van der Waals surface area (Å²) in [6.07, 6.45) is 5.82. The van der Waals surface area contributed by atoms with Gasteiger partial charge in [-0.1, -0.05) is 6.07 Å². The molecule has 0 atom stereocenters. The lowest BCUT2D eigenvalue weighted by molar-refractivity contribution is -0.384. The number of aromatic nitrogens is 3. The Balaban J connectivity index is 1.83. The van der Waals surface area contributed by atoms with Crippen molar-refractivity contribution in [2.45, 2.75) is 6.42 Å². The molecule has 10 heteroatoms. The minimum Gasteiger partial charge on any atom is -0.494 e. The number of fused-ring (bicyclic) bond motifs is 1. The van der Waals surface area contributed by atoms with E-state index in [2.05, 4.69) is 9.97 Å². The molecule has 34 heavy (non-hydrogen) atoms. The molecule has 0 amide bonds. The minimum atomic E-state index is -0.388. The van der Waals surface area contributed by atoms with Gasteiger partial charge < -0.3 is 20.3 Å². The number of hydrogen-bond donors (Lipinski definition) is 1. The molecule has 3 heterocycles. The first-order valence-corrected chi connectivity index (χ1v) is 10.7. The average Bonchev–Trinajstić information content (AvgIpc) is 3.26. The number of nitrogen functional groups attached to an aromatic ring is 1. The smallest absolute Gasteiger partial charge is 0.298 e. The van der Waals surface area contributed by atoms with Crippen LogP contribution in [0, 0.1) is 10.1 Å². The van der Waals surface area contributed by atoms with E-state index >= 15 is 0 Å². The third kappa shape index (κ3) is 4.23. The molecule has 1 aromatic carbocycles. The van der Waals surface area contributed by atoms with Crippen LogP contribution in [0.1, 0.15) is 5.56 Å². The number of nitrogens with two attached hydrogens (primary N) is 1. The zero-order chi connectivity index (χ0) is 24.4. The van der Waals surface area contributed by atoms with E-state index in [0.717, 1.165) is 16.9 Å². The maximum atomic E-state index is 12.2. The number of likely N-dealkylation sites (N-methyl/N-ethyl adjacent to an activating group) is 1. The van der Waals surface area contributed by atoms with Gasteiger partial charge in [-0.15, -0.1) is 0 Å². The third-order valence-electron chi connectivity index (χ3n) is 5.76. The zero-order valence-electron chi connectivity index (χ0n) is 19.6.